The van der Waals surface area contributed by atoms with E-state index in [1.807, 2.05) is 19.2 Å². The lowest BCUT2D eigenvalue weighted by molar-refractivity contribution is -0.123. The molecular formula is C18H28N2O. The minimum absolute atomic E-state index is 0.00772. The molecule has 1 saturated carbocycles. The first-order chi connectivity index (χ1) is 10.1. The summed E-state index contributed by atoms with van der Waals surface area (Å²) in [6.07, 6.45) is 6.54. The molecule has 3 heteroatoms. The predicted molar refractivity (Wildman–Crippen MR) is 87.2 cm³/mol. The van der Waals surface area contributed by atoms with Gasteiger partial charge in [0.1, 0.15) is 0 Å². The second-order valence-electron chi connectivity index (χ2n) is 6.41. The number of rotatable bonds is 5. The first-order valence-corrected chi connectivity index (χ1v) is 8.10. The highest BCUT2D eigenvalue weighted by molar-refractivity contribution is 5.77. The third kappa shape index (κ3) is 4.07. The van der Waals surface area contributed by atoms with Crippen molar-refractivity contribution in [1.29, 1.82) is 0 Å². The zero-order chi connectivity index (χ0) is 15.3. The summed E-state index contributed by atoms with van der Waals surface area (Å²) in [5.74, 6) is 0.155. The van der Waals surface area contributed by atoms with Gasteiger partial charge in [-0.15, -0.1) is 0 Å². The van der Waals surface area contributed by atoms with Gasteiger partial charge in [0.2, 0.25) is 5.91 Å². The topological polar surface area (TPSA) is 41.1 Å². The summed E-state index contributed by atoms with van der Waals surface area (Å²) < 4.78 is 0. The highest BCUT2D eigenvalue weighted by Gasteiger charge is 2.32. The van der Waals surface area contributed by atoms with E-state index in [1.165, 1.54) is 30.4 Å². The van der Waals surface area contributed by atoms with Crippen molar-refractivity contribution in [2.24, 2.45) is 0 Å². The molecule has 1 aliphatic rings. The highest BCUT2D eigenvalue weighted by atomic mass is 16.1. The molecule has 0 aromatic heterocycles. The van der Waals surface area contributed by atoms with Crippen LogP contribution in [0.5, 0.6) is 0 Å². The van der Waals surface area contributed by atoms with Crippen molar-refractivity contribution in [3.8, 4) is 0 Å². The van der Waals surface area contributed by atoms with E-state index in [0.717, 1.165) is 12.8 Å². The van der Waals surface area contributed by atoms with Crippen LogP contribution in [0.1, 0.15) is 62.6 Å². The fourth-order valence-electron chi connectivity index (χ4n) is 3.49. The molecule has 1 aliphatic carbocycles. The van der Waals surface area contributed by atoms with E-state index < -0.39 is 0 Å². The summed E-state index contributed by atoms with van der Waals surface area (Å²) in [7, 11) is 1.99. The van der Waals surface area contributed by atoms with Gasteiger partial charge in [0, 0.05) is 12.0 Å². The average Bonchev–Trinajstić information content (AvgIpc) is 2.48. The lowest BCUT2D eigenvalue weighted by Crippen LogP contribution is -2.48. The summed E-state index contributed by atoms with van der Waals surface area (Å²) in [6.45, 7) is 4.15. The number of carbonyl (C=O) groups is 1. The number of hydrogen-bond acceptors (Lipinski definition) is 2. The van der Waals surface area contributed by atoms with Crippen LogP contribution in [0.3, 0.4) is 0 Å². The normalized spacial score (nSPS) is 19.0. The van der Waals surface area contributed by atoms with Gasteiger partial charge in [-0.2, -0.15) is 0 Å². The zero-order valence-electron chi connectivity index (χ0n) is 13.5. The smallest absolute Gasteiger partial charge is 0.222 e. The van der Waals surface area contributed by atoms with E-state index in [1.54, 1.807) is 0 Å². The van der Waals surface area contributed by atoms with Crippen molar-refractivity contribution in [2.45, 2.75) is 64.0 Å². The third-order valence-corrected chi connectivity index (χ3v) is 4.87. The molecule has 3 nitrogen and oxygen atoms in total. The van der Waals surface area contributed by atoms with Crippen molar-refractivity contribution in [3.05, 3.63) is 35.4 Å². The number of benzene rings is 1. The molecule has 0 radical (unpaired) electrons. The molecule has 1 amide bonds. The largest absolute Gasteiger partial charge is 0.350 e. The Labute approximate surface area is 128 Å². The summed E-state index contributed by atoms with van der Waals surface area (Å²) >= 11 is 0. The zero-order valence-corrected chi connectivity index (χ0v) is 13.5. The summed E-state index contributed by atoms with van der Waals surface area (Å²) in [5.41, 5.74) is 2.44. The van der Waals surface area contributed by atoms with E-state index in [9.17, 15) is 4.79 Å². The molecule has 0 bridgehead atoms. The van der Waals surface area contributed by atoms with E-state index >= 15 is 0 Å². The van der Waals surface area contributed by atoms with Crippen LogP contribution in [-0.4, -0.2) is 18.5 Å². The molecule has 21 heavy (non-hydrogen) atoms. The first-order valence-electron chi connectivity index (χ1n) is 8.10. The quantitative estimate of drug-likeness (QED) is 0.871. The summed E-state index contributed by atoms with van der Waals surface area (Å²) in [5, 5.41) is 6.58. The van der Waals surface area contributed by atoms with Gasteiger partial charge in [0.25, 0.3) is 0 Å². The van der Waals surface area contributed by atoms with E-state index in [2.05, 4.69) is 36.6 Å². The van der Waals surface area contributed by atoms with Gasteiger partial charge < -0.3 is 10.6 Å². The maximum absolute atomic E-state index is 12.4. The van der Waals surface area contributed by atoms with Crippen molar-refractivity contribution in [3.63, 3.8) is 0 Å². The number of aryl methyl sites for hydroxylation is 1. The number of carbonyl (C=O) groups excluding carboxylic acids is 1. The molecule has 1 fully saturated rings. The molecule has 2 rings (SSSR count). The second-order valence-corrected chi connectivity index (χ2v) is 6.41. The Morgan fingerprint density at radius 2 is 1.90 bits per heavy atom. The molecule has 0 aliphatic heterocycles. The van der Waals surface area contributed by atoms with E-state index in [4.69, 9.17) is 0 Å². The van der Waals surface area contributed by atoms with Crippen LogP contribution in [0.4, 0.5) is 0 Å². The molecule has 0 unspecified atom stereocenters. The van der Waals surface area contributed by atoms with Gasteiger partial charge in [-0.05, 0) is 44.9 Å². The standard InChI is InChI=1S/C18H28N2O/c1-14-9-5-6-10-16(14)15(2)20-17(21)13-18(19-3)11-7-4-8-12-18/h5-6,9-10,15,19H,4,7-8,11-13H2,1-3H3,(H,20,21)/t15-/m1/s1. The summed E-state index contributed by atoms with van der Waals surface area (Å²) in [6, 6.07) is 8.31. The fourth-order valence-corrected chi connectivity index (χ4v) is 3.49. The molecule has 0 saturated heterocycles. The van der Waals surface area contributed by atoms with Gasteiger partial charge in [0.15, 0.2) is 0 Å². The Hall–Kier alpha value is -1.35. The SMILES string of the molecule is CNC1(CC(=O)N[C@H](C)c2ccccc2C)CCCCC1. The van der Waals surface area contributed by atoms with Crippen LogP contribution in [-0.2, 0) is 4.79 Å². The number of amides is 1. The minimum Gasteiger partial charge on any atom is -0.350 e. The van der Waals surface area contributed by atoms with Crippen molar-refractivity contribution in [2.75, 3.05) is 7.05 Å². The molecule has 1 aromatic carbocycles. The Bertz CT molecular complexity index is 478. The Morgan fingerprint density at radius 3 is 2.52 bits per heavy atom. The second kappa shape index (κ2) is 7.08. The van der Waals surface area contributed by atoms with Gasteiger partial charge in [-0.1, -0.05) is 43.5 Å². The van der Waals surface area contributed by atoms with E-state index in [0.29, 0.717) is 6.42 Å². The monoisotopic (exact) mass is 288 g/mol. The summed E-state index contributed by atoms with van der Waals surface area (Å²) in [4.78, 5) is 12.4. The van der Waals surface area contributed by atoms with Gasteiger partial charge in [-0.25, -0.2) is 0 Å². The van der Waals surface area contributed by atoms with Crippen molar-refractivity contribution in [1.82, 2.24) is 10.6 Å². The Balaban J connectivity index is 1.96. The van der Waals surface area contributed by atoms with Crippen LogP contribution >= 0.6 is 0 Å². The maximum atomic E-state index is 12.4. The number of nitrogens with one attached hydrogen (secondary N) is 2. The lowest BCUT2D eigenvalue weighted by Gasteiger charge is -2.37. The third-order valence-electron chi connectivity index (χ3n) is 4.87. The molecular weight excluding hydrogens is 260 g/mol. The van der Waals surface area contributed by atoms with Crippen LogP contribution in [0.15, 0.2) is 24.3 Å². The average molecular weight is 288 g/mol. The molecule has 2 N–H and O–H groups in total. The molecule has 0 spiro atoms. The van der Waals surface area contributed by atoms with Gasteiger partial charge >= 0.3 is 0 Å². The molecule has 116 valence electrons. The molecule has 1 aromatic rings. The molecule has 1 atom stereocenters. The van der Waals surface area contributed by atoms with Crippen LogP contribution in [0, 0.1) is 6.92 Å². The van der Waals surface area contributed by atoms with Gasteiger partial charge in [0.05, 0.1) is 6.04 Å². The van der Waals surface area contributed by atoms with Crippen LogP contribution in [0.25, 0.3) is 0 Å². The predicted octanol–water partition coefficient (Wildman–Crippen LogP) is 3.48. The van der Waals surface area contributed by atoms with Crippen LogP contribution in [0.2, 0.25) is 0 Å². The first kappa shape index (κ1) is 16.0. The molecule has 0 heterocycles. The van der Waals surface area contributed by atoms with E-state index in [-0.39, 0.29) is 17.5 Å². The Kier molecular flexibility index (Phi) is 5.40. The number of hydrogen-bond donors (Lipinski definition) is 2. The lowest BCUT2D eigenvalue weighted by atomic mass is 9.79. The van der Waals surface area contributed by atoms with Crippen LogP contribution < -0.4 is 10.6 Å². The minimum atomic E-state index is 0.00772. The highest BCUT2D eigenvalue weighted by Crippen LogP contribution is 2.31. The Morgan fingerprint density at radius 1 is 1.24 bits per heavy atom. The van der Waals surface area contributed by atoms with Crippen molar-refractivity contribution >= 4 is 5.91 Å². The fraction of sp³-hybridized carbons (Fsp3) is 0.611. The van der Waals surface area contributed by atoms with Crippen molar-refractivity contribution < 1.29 is 4.79 Å². The maximum Gasteiger partial charge on any atom is 0.222 e. The van der Waals surface area contributed by atoms with Gasteiger partial charge in [-0.3, -0.25) is 4.79 Å².